The lowest BCUT2D eigenvalue weighted by molar-refractivity contribution is 0.111. The molecule has 0 heterocycles. The highest BCUT2D eigenvalue weighted by molar-refractivity contribution is 9.10. The highest BCUT2D eigenvalue weighted by atomic mass is 79.9. The van der Waals surface area contributed by atoms with Crippen LogP contribution in [-0.4, -0.2) is 22.8 Å². The number of hydrogen-bond acceptors (Lipinski definition) is 4. The van der Waals surface area contributed by atoms with Gasteiger partial charge in [0, 0.05) is 8.95 Å². The van der Waals surface area contributed by atoms with E-state index in [-0.39, 0.29) is 22.6 Å². The molecule has 0 saturated heterocycles. The van der Waals surface area contributed by atoms with Gasteiger partial charge in [-0.3, -0.25) is 9.59 Å². The van der Waals surface area contributed by atoms with E-state index in [0.717, 1.165) is 11.1 Å². The molecular weight excluding hydrogens is 404 g/mol. The number of phenols is 2. The van der Waals surface area contributed by atoms with Crippen molar-refractivity contribution in [3.05, 3.63) is 55.5 Å². The standard InChI is InChI=1S/C15H10Br2O4/c16-12-4-14(20)10(6-18)2-8(12)1-9-3-11(7-19)15(21)5-13(9)17/h2-7,20-21H,1H2. The van der Waals surface area contributed by atoms with Crippen LogP contribution in [-0.2, 0) is 6.42 Å². The molecule has 0 aliphatic rings. The normalized spacial score (nSPS) is 10.4. The first-order chi connectivity index (χ1) is 9.96. The van der Waals surface area contributed by atoms with Crippen LogP contribution in [0.3, 0.4) is 0 Å². The molecule has 0 aromatic heterocycles. The Morgan fingerprint density at radius 2 is 1.19 bits per heavy atom. The van der Waals surface area contributed by atoms with Crippen LogP contribution < -0.4 is 0 Å². The quantitative estimate of drug-likeness (QED) is 0.746. The lowest BCUT2D eigenvalue weighted by atomic mass is 10.0. The van der Waals surface area contributed by atoms with Crippen LogP contribution in [0.25, 0.3) is 0 Å². The SMILES string of the molecule is O=Cc1cc(Cc2cc(C=O)c(O)cc2Br)c(Br)cc1O. The maximum atomic E-state index is 10.9. The fourth-order valence-electron chi connectivity index (χ4n) is 1.92. The van der Waals surface area contributed by atoms with Gasteiger partial charge in [-0.25, -0.2) is 0 Å². The van der Waals surface area contributed by atoms with E-state index < -0.39 is 0 Å². The second kappa shape index (κ2) is 6.41. The zero-order valence-corrected chi connectivity index (χ0v) is 13.8. The molecule has 2 aromatic rings. The van der Waals surface area contributed by atoms with Crippen molar-refractivity contribution in [2.45, 2.75) is 6.42 Å². The molecule has 0 saturated carbocycles. The number of rotatable bonds is 4. The summed E-state index contributed by atoms with van der Waals surface area (Å²) in [7, 11) is 0. The number of hydrogen-bond donors (Lipinski definition) is 2. The molecule has 4 nitrogen and oxygen atoms in total. The molecule has 6 heteroatoms. The number of aldehydes is 2. The van der Waals surface area contributed by atoms with Crippen LogP contribution >= 0.6 is 31.9 Å². The van der Waals surface area contributed by atoms with Crippen LogP contribution in [0.4, 0.5) is 0 Å². The maximum Gasteiger partial charge on any atom is 0.153 e. The lowest BCUT2D eigenvalue weighted by Gasteiger charge is -2.10. The third-order valence-corrected chi connectivity index (χ3v) is 4.50. The summed E-state index contributed by atoms with van der Waals surface area (Å²) < 4.78 is 1.30. The molecule has 0 radical (unpaired) electrons. The summed E-state index contributed by atoms with van der Waals surface area (Å²) in [4.78, 5) is 21.8. The van der Waals surface area contributed by atoms with Gasteiger partial charge in [0.15, 0.2) is 12.6 Å². The number of halogens is 2. The Labute approximate surface area is 137 Å². The lowest BCUT2D eigenvalue weighted by Crippen LogP contribution is -1.96. The zero-order chi connectivity index (χ0) is 15.6. The van der Waals surface area contributed by atoms with E-state index in [2.05, 4.69) is 31.9 Å². The smallest absolute Gasteiger partial charge is 0.153 e. The van der Waals surface area contributed by atoms with Crippen LogP contribution in [0.2, 0.25) is 0 Å². The van der Waals surface area contributed by atoms with Crippen molar-refractivity contribution in [3.63, 3.8) is 0 Å². The number of aromatic hydroxyl groups is 2. The average Bonchev–Trinajstić information content (AvgIpc) is 2.44. The third-order valence-electron chi connectivity index (χ3n) is 3.03. The molecule has 2 rings (SSSR count). The summed E-state index contributed by atoms with van der Waals surface area (Å²) in [5.41, 5.74) is 1.94. The zero-order valence-electron chi connectivity index (χ0n) is 10.6. The third kappa shape index (κ3) is 3.33. The predicted molar refractivity (Wildman–Crippen MR) is 85.2 cm³/mol. The van der Waals surface area contributed by atoms with Crippen molar-refractivity contribution in [3.8, 4) is 11.5 Å². The minimum atomic E-state index is -0.0982. The number of carbonyl (C=O) groups is 2. The largest absolute Gasteiger partial charge is 0.507 e. The van der Waals surface area contributed by atoms with E-state index in [0.29, 0.717) is 27.9 Å². The van der Waals surface area contributed by atoms with E-state index in [1.165, 1.54) is 12.1 Å². The van der Waals surface area contributed by atoms with Crippen molar-refractivity contribution in [2.24, 2.45) is 0 Å². The van der Waals surface area contributed by atoms with Gasteiger partial charge in [0.05, 0.1) is 11.1 Å². The molecule has 108 valence electrons. The minimum Gasteiger partial charge on any atom is -0.507 e. The van der Waals surface area contributed by atoms with E-state index in [1.54, 1.807) is 12.1 Å². The molecular formula is C15H10Br2O4. The van der Waals surface area contributed by atoms with Gasteiger partial charge in [0.1, 0.15) is 11.5 Å². The van der Waals surface area contributed by atoms with Gasteiger partial charge in [0.2, 0.25) is 0 Å². The Kier molecular flexibility index (Phi) is 4.80. The maximum absolute atomic E-state index is 10.9. The minimum absolute atomic E-state index is 0.0982. The summed E-state index contributed by atoms with van der Waals surface area (Å²) in [6, 6.07) is 6.06. The Morgan fingerprint density at radius 3 is 1.52 bits per heavy atom. The van der Waals surface area contributed by atoms with Crippen LogP contribution in [0, 0.1) is 0 Å². The first-order valence-corrected chi connectivity index (χ1v) is 7.48. The molecule has 0 fully saturated rings. The highest BCUT2D eigenvalue weighted by Gasteiger charge is 2.12. The molecule has 0 aliphatic carbocycles. The van der Waals surface area contributed by atoms with Gasteiger partial charge in [-0.15, -0.1) is 0 Å². The fraction of sp³-hybridized carbons (Fsp3) is 0.0667. The Bertz CT molecular complexity index is 665. The molecule has 0 amide bonds. The van der Waals surface area contributed by atoms with Crippen molar-refractivity contribution in [2.75, 3.05) is 0 Å². The molecule has 0 spiro atoms. The summed E-state index contributed by atoms with van der Waals surface area (Å²) >= 11 is 6.66. The van der Waals surface area contributed by atoms with Crippen molar-refractivity contribution in [1.82, 2.24) is 0 Å². The molecule has 2 aromatic carbocycles. The summed E-state index contributed by atoms with van der Waals surface area (Å²) in [6.07, 6.45) is 1.57. The Morgan fingerprint density at radius 1 is 0.810 bits per heavy atom. The topological polar surface area (TPSA) is 74.6 Å². The second-order valence-electron chi connectivity index (χ2n) is 4.42. The van der Waals surface area contributed by atoms with E-state index in [4.69, 9.17) is 0 Å². The monoisotopic (exact) mass is 412 g/mol. The van der Waals surface area contributed by atoms with Gasteiger partial charge in [0.25, 0.3) is 0 Å². The Hall–Kier alpha value is -1.66. The van der Waals surface area contributed by atoms with Crippen molar-refractivity contribution < 1.29 is 19.8 Å². The van der Waals surface area contributed by atoms with E-state index >= 15 is 0 Å². The van der Waals surface area contributed by atoms with Crippen LogP contribution in [0.5, 0.6) is 11.5 Å². The van der Waals surface area contributed by atoms with E-state index in [1.807, 2.05) is 0 Å². The number of benzene rings is 2. The van der Waals surface area contributed by atoms with Crippen molar-refractivity contribution in [1.29, 1.82) is 0 Å². The predicted octanol–water partition coefficient (Wildman–Crippen LogP) is 3.84. The molecule has 0 atom stereocenters. The Balaban J connectivity index is 2.47. The van der Waals surface area contributed by atoms with Gasteiger partial charge in [-0.05, 0) is 41.8 Å². The fourth-order valence-corrected chi connectivity index (χ4v) is 2.86. The van der Waals surface area contributed by atoms with Gasteiger partial charge < -0.3 is 10.2 Å². The van der Waals surface area contributed by atoms with Crippen LogP contribution in [0.15, 0.2) is 33.2 Å². The van der Waals surface area contributed by atoms with Gasteiger partial charge in [-0.2, -0.15) is 0 Å². The summed E-state index contributed by atoms with van der Waals surface area (Å²) in [6.45, 7) is 0. The molecule has 0 aliphatic heterocycles. The molecule has 2 N–H and O–H groups in total. The second-order valence-corrected chi connectivity index (χ2v) is 6.13. The van der Waals surface area contributed by atoms with Crippen molar-refractivity contribution >= 4 is 44.4 Å². The molecule has 0 bridgehead atoms. The average molecular weight is 414 g/mol. The summed E-state index contributed by atoms with van der Waals surface area (Å²) in [5, 5.41) is 19.2. The number of carbonyl (C=O) groups excluding carboxylic acids is 2. The molecule has 21 heavy (non-hydrogen) atoms. The van der Waals surface area contributed by atoms with Gasteiger partial charge in [-0.1, -0.05) is 31.9 Å². The number of phenolic OH excluding ortho intramolecular Hbond substituents is 2. The summed E-state index contributed by atoms with van der Waals surface area (Å²) in [5.74, 6) is -0.196. The van der Waals surface area contributed by atoms with E-state index in [9.17, 15) is 19.8 Å². The first-order valence-electron chi connectivity index (χ1n) is 5.89. The highest BCUT2D eigenvalue weighted by Crippen LogP contribution is 2.31. The van der Waals surface area contributed by atoms with Crippen LogP contribution in [0.1, 0.15) is 31.8 Å². The molecule has 0 unspecified atom stereocenters. The first kappa shape index (κ1) is 15.7. The van der Waals surface area contributed by atoms with Gasteiger partial charge >= 0.3 is 0 Å².